The molecule has 2 aliphatic rings. The molecule has 0 fully saturated rings. The van der Waals surface area contributed by atoms with Crippen LogP contribution in [0.15, 0.2) is 63.4 Å². The number of hydrazone groups is 1. The van der Waals surface area contributed by atoms with Crippen LogP contribution in [0.1, 0.15) is 16.8 Å². The molecule has 1 N–H and O–H groups in total. The number of thioether (sulfide) groups is 1. The van der Waals surface area contributed by atoms with Crippen molar-refractivity contribution in [2.75, 3.05) is 17.7 Å². The molecular formula is C23H22N6O2S. The van der Waals surface area contributed by atoms with Crippen molar-refractivity contribution in [3.63, 3.8) is 0 Å². The van der Waals surface area contributed by atoms with Crippen LogP contribution >= 0.6 is 11.8 Å². The topological polar surface area (TPSA) is 84.0 Å². The van der Waals surface area contributed by atoms with Gasteiger partial charge in [-0.05, 0) is 42.3 Å². The first-order chi connectivity index (χ1) is 15.4. The Morgan fingerprint density at radius 1 is 1.09 bits per heavy atom. The molecular weight excluding hydrogens is 424 g/mol. The Labute approximate surface area is 189 Å². The Hall–Kier alpha value is -3.59. The SMILES string of the molecule is Cc1c(N=C2NN=C(c3ccc4c(c3)CC(=O)N4C)CS2)c(=O)n(-c2ccccc2)n1C. The third-order valence-electron chi connectivity index (χ3n) is 5.86. The molecule has 8 nitrogen and oxygen atoms in total. The third-order valence-corrected chi connectivity index (χ3v) is 6.73. The lowest BCUT2D eigenvalue weighted by atomic mass is 10.1. The molecule has 0 bridgehead atoms. The monoisotopic (exact) mass is 446 g/mol. The summed E-state index contributed by atoms with van der Waals surface area (Å²) in [7, 11) is 3.64. The van der Waals surface area contributed by atoms with Crippen LogP contribution in [0.4, 0.5) is 11.4 Å². The number of fused-ring (bicyclic) bond motifs is 1. The maximum absolute atomic E-state index is 13.1. The smallest absolute Gasteiger partial charge is 0.297 e. The minimum atomic E-state index is -0.173. The molecule has 0 unspecified atom stereocenters. The predicted molar refractivity (Wildman–Crippen MR) is 129 cm³/mol. The van der Waals surface area contributed by atoms with Crippen molar-refractivity contribution in [3.8, 4) is 5.69 Å². The van der Waals surface area contributed by atoms with Gasteiger partial charge in [0.1, 0.15) is 0 Å². The van der Waals surface area contributed by atoms with Crippen molar-refractivity contribution in [2.45, 2.75) is 13.3 Å². The van der Waals surface area contributed by atoms with E-state index in [-0.39, 0.29) is 11.5 Å². The van der Waals surface area contributed by atoms with Crippen LogP contribution in [0.25, 0.3) is 5.69 Å². The van der Waals surface area contributed by atoms with E-state index in [0.29, 0.717) is 23.0 Å². The van der Waals surface area contributed by atoms with Gasteiger partial charge in [0.2, 0.25) is 5.91 Å². The van der Waals surface area contributed by atoms with E-state index in [0.717, 1.165) is 33.9 Å². The van der Waals surface area contributed by atoms with Gasteiger partial charge in [-0.25, -0.2) is 9.67 Å². The van der Waals surface area contributed by atoms with E-state index in [1.54, 1.807) is 16.6 Å². The van der Waals surface area contributed by atoms with Crippen LogP contribution in [0.3, 0.4) is 0 Å². The minimum absolute atomic E-state index is 0.101. The Morgan fingerprint density at radius 2 is 1.88 bits per heavy atom. The zero-order valence-corrected chi connectivity index (χ0v) is 18.8. The van der Waals surface area contributed by atoms with E-state index in [2.05, 4.69) is 15.5 Å². The second-order valence-electron chi connectivity index (χ2n) is 7.76. The molecule has 9 heteroatoms. The molecule has 3 aromatic rings. The van der Waals surface area contributed by atoms with Gasteiger partial charge in [0.05, 0.1) is 23.5 Å². The first kappa shape index (κ1) is 20.3. The molecule has 1 aromatic heterocycles. The second kappa shape index (κ2) is 7.83. The molecule has 32 heavy (non-hydrogen) atoms. The number of aliphatic imine (C=N–C) groups is 1. The summed E-state index contributed by atoms with van der Waals surface area (Å²) in [6, 6.07) is 15.5. The van der Waals surface area contributed by atoms with Gasteiger partial charge < -0.3 is 4.90 Å². The highest BCUT2D eigenvalue weighted by atomic mass is 32.2. The summed E-state index contributed by atoms with van der Waals surface area (Å²) in [6.45, 7) is 1.88. The van der Waals surface area contributed by atoms with Gasteiger partial charge in [0, 0.05) is 25.5 Å². The van der Waals surface area contributed by atoms with Crippen molar-refractivity contribution in [3.05, 3.63) is 75.7 Å². The number of hydrogen-bond donors (Lipinski definition) is 1. The number of likely N-dealkylation sites (N-methyl/N-ethyl adjacent to an activating group) is 1. The first-order valence-corrected chi connectivity index (χ1v) is 11.2. The van der Waals surface area contributed by atoms with E-state index in [1.807, 2.05) is 67.2 Å². The summed E-state index contributed by atoms with van der Waals surface area (Å²) < 4.78 is 3.42. The number of nitrogens with zero attached hydrogens (tertiary/aromatic N) is 5. The molecule has 162 valence electrons. The van der Waals surface area contributed by atoms with E-state index in [1.165, 1.54) is 11.8 Å². The quantitative estimate of drug-likeness (QED) is 0.671. The van der Waals surface area contributed by atoms with Crippen molar-refractivity contribution >= 4 is 39.9 Å². The molecule has 3 heterocycles. The zero-order valence-electron chi connectivity index (χ0n) is 18.0. The number of benzene rings is 2. The van der Waals surface area contributed by atoms with E-state index in [9.17, 15) is 9.59 Å². The summed E-state index contributed by atoms with van der Waals surface area (Å²) in [5.74, 6) is 0.719. The molecule has 0 radical (unpaired) electrons. The molecule has 2 aromatic carbocycles. The van der Waals surface area contributed by atoms with Crippen LogP contribution < -0.4 is 15.9 Å². The first-order valence-electron chi connectivity index (χ1n) is 10.2. The van der Waals surface area contributed by atoms with Crippen molar-refractivity contribution in [1.82, 2.24) is 14.8 Å². The summed E-state index contributed by atoms with van der Waals surface area (Å²) >= 11 is 1.50. The van der Waals surface area contributed by atoms with Crippen molar-refractivity contribution < 1.29 is 4.79 Å². The van der Waals surface area contributed by atoms with Gasteiger partial charge in [0.25, 0.3) is 5.56 Å². The Kier molecular flexibility index (Phi) is 4.97. The van der Waals surface area contributed by atoms with E-state index >= 15 is 0 Å². The molecule has 0 saturated carbocycles. The highest BCUT2D eigenvalue weighted by Crippen LogP contribution is 2.29. The number of rotatable bonds is 3. The van der Waals surface area contributed by atoms with Crippen LogP contribution in [-0.4, -0.2) is 39.0 Å². The molecule has 0 saturated heterocycles. The Bertz CT molecular complexity index is 1350. The third kappa shape index (κ3) is 3.34. The lowest BCUT2D eigenvalue weighted by molar-refractivity contribution is -0.117. The fourth-order valence-electron chi connectivity index (χ4n) is 3.96. The maximum Gasteiger partial charge on any atom is 0.297 e. The van der Waals surface area contributed by atoms with Crippen LogP contribution in [-0.2, 0) is 18.3 Å². The van der Waals surface area contributed by atoms with Gasteiger partial charge in [-0.2, -0.15) is 5.10 Å². The number of aromatic nitrogens is 2. The number of hydrogen-bond acceptors (Lipinski definition) is 5. The lowest BCUT2D eigenvalue weighted by Gasteiger charge is -2.16. The fraction of sp³-hybridized carbons (Fsp3) is 0.217. The van der Waals surface area contributed by atoms with Crippen molar-refractivity contribution in [2.24, 2.45) is 17.1 Å². The molecule has 1 amide bonds. The van der Waals surface area contributed by atoms with E-state index < -0.39 is 0 Å². The number of nitrogens with one attached hydrogen (secondary N) is 1. The Balaban J connectivity index is 1.42. The molecule has 0 aliphatic carbocycles. The number of carbonyl (C=O) groups excluding carboxylic acids is 1. The molecule has 2 aliphatic heterocycles. The zero-order chi connectivity index (χ0) is 22.4. The van der Waals surface area contributed by atoms with Gasteiger partial charge in [0.15, 0.2) is 10.9 Å². The van der Waals surface area contributed by atoms with Crippen LogP contribution in [0, 0.1) is 6.92 Å². The van der Waals surface area contributed by atoms with Crippen LogP contribution in [0.2, 0.25) is 0 Å². The number of amides is 1. The van der Waals surface area contributed by atoms with E-state index in [4.69, 9.17) is 0 Å². The average Bonchev–Trinajstić information content (AvgIpc) is 3.21. The van der Waals surface area contributed by atoms with Crippen molar-refractivity contribution in [1.29, 1.82) is 0 Å². The lowest BCUT2D eigenvalue weighted by Crippen LogP contribution is -2.25. The summed E-state index contributed by atoms with van der Waals surface area (Å²) in [4.78, 5) is 31.3. The highest BCUT2D eigenvalue weighted by Gasteiger charge is 2.25. The highest BCUT2D eigenvalue weighted by molar-refractivity contribution is 8.14. The maximum atomic E-state index is 13.1. The number of anilines is 1. The average molecular weight is 447 g/mol. The second-order valence-corrected chi connectivity index (χ2v) is 8.72. The largest absolute Gasteiger partial charge is 0.315 e. The summed E-state index contributed by atoms with van der Waals surface area (Å²) in [6.07, 6.45) is 0.418. The fourth-order valence-corrected chi connectivity index (χ4v) is 4.73. The Morgan fingerprint density at radius 3 is 2.59 bits per heavy atom. The molecule has 5 rings (SSSR count). The summed E-state index contributed by atoms with van der Waals surface area (Å²) in [5.41, 5.74) is 8.60. The minimum Gasteiger partial charge on any atom is -0.315 e. The molecule has 0 spiro atoms. The normalized spacial score (nSPS) is 16.8. The number of amidine groups is 1. The van der Waals surface area contributed by atoms with Gasteiger partial charge in [-0.15, -0.1) is 0 Å². The number of para-hydroxylation sites is 1. The van der Waals surface area contributed by atoms with Gasteiger partial charge >= 0.3 is 0 Å². The molecule has 0 atom stereocenters. The summed E-state index contributed by atoms with van der Waals surface area (Å²) in [5, 5.41) is 5.07. The standard InChI is InChI=1S/C23H22N6O2S/c1-14-21(22(31)29(28(14)3)17-7-5-4-6-8-17)24-23-26-25-18(13-32-23)15-9-10-19-16(11-15)12-20(30)27(19)2/h4-11H,12-13H2,1-3H3,(H,24,26). The van der Waals surface area contributed by atoms with Gasteiger partial charge in [-0.3, -0.25) is 19.7 Å². The van der Waals surface area contributed by atoms with Crippen LogP contribution in [0.5, 0.6) is 0 Å². The number of carbonyl (C=O) groups is 1. The predicted octanol–water partition coefficient (Wildman–Crippen LogP) is 2.73. The van der Waals surface area contributed by atoms with Gasteiger partial charge in [-0.1, -0.05) is 36.0 Å².